The maximum absolute atomic E-state index is 9.80. The maximum atomic E-state index is 9.80. The summed E-state index contributed by atoms with van der Waals surface area (Å²) in [5.41, 5.74) is 0.842. The van der Waals surface area contributed by atoms with Gasteiger partial charge in [0.2, 0.25) is 0 Å². The average molecular weight is 293 g/mol. The van der Waals surface area contributed by atoms with Crippen LogP contribution < -0.4 is 10.1 Å². The van der Waals surface area contributed by atoms with Crippen molar-refractivity contribution in [2.24, 2.45) is 0 Å². The van der Waals surface area contributed by atoms with E-state index in [1.54, 1.807) is 12.1 Å². The molecule has 2 rings (SSSR count). The number of nitrogens with one attached hydrogen (secondary N) is 1. The minimum absolute atomic E-state index is 0.110. The van der Waals surface area contributed by atoms with Gasteiger partial charge in [-0.25, -0.2) is 0 Å². The van der Waals surface area contributed by atoms with E-state index in [1.165, 1.54) is 18.4 Å². The number of benzene rings is 1. The smallest absolute Gasteiger partial charge is 0.160 e. The fourth-order valence-corrected chi connectivity index (χ4v) is 2.66. The summed E-state index contributed by atoms with van der Waals surface area (Å²) in [4.78, 5) is 0. The van der Waals surface area contributed by atoms with Gasteiger partial charge in [-0.2, -0.15) is 0 Å². The first kappa shape index (κ1) is 14.7. The van der Waals surface area contributed by atoms with Crippen LogP contribution in [0, 0.1) is 0 Å². The molecule has 1 aromatic carbocycles. The molecule has 108 valence electrons. The van der Waals surface area contributed by atoms with Gasteiger partial charge in [0.05, 0.1) is 13.2 Å². The number of aromatic nitrogens is 2. The van der Waals surface area contributed by atoms with Gasteiger partial charge in [0.25, 0.3) is 0 Å². The first-order valence-corrected chi connectivity index (χ1v) is 7.41. The number of ether oxygens (including phenoxy) is 1. The third kappa shape index (κ3) is 3.26. The lowest BCUT2D eigenvalue weighted by Gasteiger charge is -2.08. The minimum Gasteiger partial charge on any atom is -0.504 e. The van der Waals surface area contributed by atoms with E-state index in [0.29, 0.717) is 5.75 Å². The molecular weight excluding hydrogens is 274 g/mol. The van der Waals surface area contributed by atoms with Crippen LogP contribution in [0.2, 0.25) is 0 Å². The van der Waals surface area contributed by atoms with Crippen molar-refractivity contribution in [3.05, 3.63) is 23.2 Å². The van der Waals surface area contributed by atoms with Crippen LogP contribution in [0.3, 0.4) is 0 Å². The van der Waals surface area contributed by atoms with Crippen LogP contribution in [0.4, 0.5) is 0 Å². The van der Waals surface area contributed by atoms with Gasteiger partial charge < -0.3 is 15.2 Å². The summed E-state index contributed by atoms with van der Waals surface area (Å²) in [7, 11) is 1.53. The molecule has 0 amide bonds. The molecule has 1 atom stereocenters. The van der Waals surface area contributed by atoms with Crippen LogP contribution in [0.5, 0.6) is 11.5 Å². The van der Waals surface area contributed by atoms with Crippen molar-refractivity contribution in [1.29, 1.82) is 0 Å². The second-order valence-corrected chi connectivity index (χ2v) is 5.52. The van der Waals surface area contributed by atoms with Gasteiger partial charge in [0.1, 0.15) is 10.0 Å². The van der Waals surface area contributed by atoms with Crippen LogP contribution in [0.25, 0.3) is 10.6 Å². The van der Waals surface area contributed by atoms with Gasteiger partial charge in [-0.1, -0.05) is 18.3 Å². The second-order valence-electron chi connectivity index (χ2n) is 4.51. The predicted octanol–water partition coefficient (Wildman–Crippen LogP) is 2.98. The summed E-state index contributed by atoms with van der Waals surface area (Å²) in [5.74, 6) is 0.565. The molecule has 20 heavy (non-hydrogen) atoms. The fraction of sp³-hybridized carbons (Fsp3) is 0.429. The van der Waals surface area contributed by atoms with Gasteiger partial charge in [-0.15, -0.1) is 10.2 Å². The van der Waals surface area contributed by atoms with Crippen molar-refractivity contribution in [3.8, 4) is 22.1 Å². The van der Waals surface area contributed by atoms with Crippen molar-refractivity contribution in [2.45, 2.75) is 26.3 Å². The van der Waals surface area contributed by atoms with Gasteiger partial charge >= 0.3 is 0 Å². The molecule has 0 spiro atoms. The number of rotatable bonds is 6. The van der Waals surface area contributed by atoms with Crippen LogP contribution in [-0.4, -0.2) is 29.0 Å². The topological polar surface area (TPSA) is 67.3 Å². The van der Waals surface area contributed by atoms with E-state index < -0.39 is 0 Å². The van der Waals surface area contributed by atoms with Crippen LogP contribution >= 0.6 is 11.3 Å². The van der Waals surface area contributed by atoms with Gasteiger partial charge in [0, 0.05) is 5.56 Å². The normalized spacial score (nSPS) is 12.3. The van der Waals surface area contributed by atoms with E-state index in [0.717, 1.165) is 28.5 Å². The molecule has 5 nitrogen and oxygen atoms in total. The van der Waals surface area contributed by atoms with Gasteiger partial charge in [-0.3, -0.25) is 0 Å². The molecular formula is C14H19N3O2S. The average Bonchev–Trinajstić information content (AvgIpc) is 2.94. The monoisotopic (exact) mass is 293 g/mol. The van der Waals surface area contributed by atoms with Crippen LogP contribution in [0.1, 0.15) is 31.3 Å². The maximum Gasteiger partial charge on any atom is 0.160 e. The van der Waals surface area contributed by atoms with E-state index in [2.05, 4.69) is 29.4 Å². The Hall–Kier alpha value is -1.66. The Morgan fingerprint density at radius 3 is 2.85 bits per heavy atom. The second kappa shape index (κ2) is 6.67. The highest BCUT2D eigenvalue weighted by atomic mass is 32.1. The van der Waals surface area contributed by atoms with E-state index in [4.69, 9.17) is 4.74 Å². The number of aromatic hydroxyl groups is 1. The number of hydrogen-bond donors (Lipinski definition) is 2. The Kier molecular flexibility index (Phi) is 4.92. The standard InChI is InChI=1S/C14H19N3O2S/c1-4-7-15-9(2)13-16-17-14(20-13)10-5-6-12(19-3)11(18)8-10/h5-6,8-9,15,18H,4,7H2,1-3H3. The molecule has 0 saturated carbocycles. The highest BCUT2D eigenvalue weighted by molar-refractivity contribution is 7.14. The zero-order valence-electron chi connectivity index (χ0n) is 11.9. The van der Waals surface area contributed by atoms with Crippen molar-refractivity contribution in [2.75, 3.05) is 13.7 Å². The first-order chi connectivity index (χ1) is 9.65. The molecule has 0 aliphatic heterocycles. The minimum atomic E-state index is 0.110. The number of phenolic OH excluding ortho intramolecular Hbond substituents is 1. The van der Waals surface area contributed by atoms with Crippen molar-refractivity contribution in [1.82, 2.24) is 15.5 Å². The molecule has 1 unspecified atom stereocenters. The molecule has 0 fully saturated rings. The first-order valence-electron chi connectivity index (χ1n) is 6.59. The number of methoxy groups -OCH3 is 1. The largest absolute Gasteiger partial charge is 0.504 e. The summed E-state index contributed by atoms with van der Waals surface area (Å²) in [6, 6.07) is 5.43. The zero-order chi connectivity index (χ0) is 14.5. The van der Waals surface area contributed by atoms with Crippen molar-refractivity contribution < 1.29 is 9.84 Å². The lowest BCUT2D eigenvalue weighted by Crippen LogP contribution is -2.18. The van der Waals surface area contributed by atoms with Crippen LogP contribution in [0.15, 0.2) is 18.2 Å². The van der Waals surface area contributed by atoms with Crippen molar-refractivity contribution in [3.63, 3.8) is 0 Å². The Morgan fingerprint density at radius 1 is 1.40 bits per heavy atom. The molecule has 2 aromatic rings. The zero-order valence-corrected chi connectivity index (χ0v) is 12.7. The summed E-state index contributed by atoms with van der Waals surface area (Å²) in [5, 5.41) is 23.3. The number of hydrogen-bond acceptors (Lipinski definition) is 6. The van der Waals surface area contributed by atoms with E-state index >= 15 is 0 Å². The summed E-state index contributed by atoms with van der Waals surface area (Å²) in [6.07, 6.45) is 1.09. The van der Waals surface area contributed by atoms with Crippen molar-refractivity contribution >= 4 is 11.3 Å². The molecule has 0 aliphatic rings. The summed E-state index contributed by atoms with van der Waals surface area (Å²) in [6.45, 7) is 5.16. The quantitative estimate of drug-likeness (QED) is 0.857. The molecule has 2 N–H and O–H groups in total. The SMILES string of the molecule is CCCNC(C)c1nnc(-c2ccc(OC)c(O)c2)s1. The molecule has 6 heteroatoms. The third-order valence-corrected chi connectivity index (χ3v) is 4.09. The lowest BCUT2D eigenvalue weighted by atomic mass is 10.2. The third-order valence-electron chi connectivity index (χ3n) is 2.94. The molecule has 1 heterocycles. The number of nitrogens with zero attached hydrogens (tertiary/aromatic N) is 2. The van der Waals surface area contributed by atoms with Gasteiger partial charge in [-0.05, 0) is 38.1 Å². The van der Waals surface area contributed by atoms with Gasteiger partial charge in [0.15, 0.2) is 11.5 Å². The van der Waals surface area contributed by atoms with E-state index in [1.807, 2.05) is 6.07 Å². The number of phenols is 1. The molecule has 1 aromatic heterocycles. The molecule has 0 saturated heterocycles. The molecule has 0 aliphatic carbocycles. The Balaban J connectivity index is 2.18. The van der Waals surface area contributed by atoms with E-state index in [9.17, 15) is 5.11 Å². The lowest BCUT2D eigenvalue weighted by molar-refractivity contribution is 0.373. The van der Waals surface area contributed by atoms with E-state index in [-0.39, 0.29) is 11.8 Å². The summed E-state index contributed by atoms with van der Waals surface area (Å²) < 4.78 is 5.03. The Morgan fingerprint density at radius 2 is 2.20 bits per heavy atom. The highest BCUT2D eigenvalue weighted by Crippen LogP contribution is 2.33. The fourth-order valence-electron chi connectivity index (χ4n) is 1.80. The highest BCUT2D eigenvalue weighted by Gasteiger charge is 2.13. The molecule has 0 radical (unpaired) electrons. The predicted molar refractivity (Wildman–Crippen MR) is 80.3 cm³/mol. The Bertz CT molecular complexity index is 571. The van der Waals surface area contributed by atoms with Crippen LogP contribution in [-0.2, 0) is 0 Å². The summed E-state index contributed by atoms with van der Waals surface area (Å²) >= 11 is 1.53. The molecule has 0 bridgehead atoms. The Labute approximate surface area is 122 Å².